The van der Waals surface area contributed by atoms with Crippen molar-refractivity contribution in [1.82, 2.24) is 9.97 Å². The highest BCUT2D eigenvalue weighted by Crippen LogP contribution is 2.55. The van der Waals surface area contributed by atoms with Crippen LogP contribution < -0.4 is 0 Å². The smallest absolute Gasteiger partial charge is 0.160 e. The zero-order valence-corrected chi connectivity index (χ0v) is 35.4. The summed E-state index contributed by atoms with van der Waals surface area (Å²) in [4.78, 5) is 10.6. The van der Waals surface area contributed by atoms with Gasteiger partial charge in [-0.25, -0.2) is 9.97 Å². The van der Waals surface area contributed by atoms with E-state index in [0.29, 0.717) is 5.82 Å². The van der Waals surface area contributed by atoms with Gasteiger partial charge < -0.3 is 4.42 Å². The minimum Gasteiger partial charge on any atom is -0.456 e. The Bertz CT molecular complexity index is 3880. The van der Waals surface area contributed by atoms with Crippen molar-refractivity contribution in [3.8, 4) is 67.3 Å². The summed E-state index contributed by atoms with van der Waals surface area (Å²) in [6.45, 7) is 4.78. The molecule has 1 aliphatic carbocycles. The molecule has 10 aromatic carbocycles. The van der Waals surface area contributed by atoms with Crippen LogP contribution in [-0.2, 0) is 5.41 Å². The molecule has 2 heterocycles. The number of aromatic nitrogens is 2. The second-order valence-electron chi connectivity index (χ2n) is 17.6. The van der Waals surface area contributed by atoms with Crippen molar-refractivity contribution in [2.45, 2.75) is 19.3 Å². The average Bonchev–Trinajstić information content (AvgIpc) is 3.85. The van der Waals surface area contributed by atoms with Crippen LogP contribution in [0.2, 0.25) is 0 Å². The Labute approximate surface area is 371 Å². The predicted molar refractivity (Wildman–Crippen MR) is 267 cm³/mol. The maximum Gasteiger partial charge on any atom is 0.160 e. The van der Waals surface area contributed by atoms with E-state index in [2.05, 4.69) is 184 Å². The first-order valence-electron chi connectivity index (χ1n) is 22.1. The third-order valence-corrected chi connectivity index (χ3v) is 13.7. The molecule has 0 N–H and O–H groups in total. The van der Waals surface area contributed by atoms with E-state index in [1.807, 2.05) is 36.4 Å². The number of hydrogen-bond acceptors (Lipinski definition) is 3. The molecule has 300 valence electrons. The summed E-state index contributed by atoms with van der Waals surface area (Å²) in [6.07, 6.45) is 0. The molecule has 0 spiro atoms. The van der Waals surface area contributed by atoms with Crippen LogP contribution in [0.1, 0.15) is 25.0 Å². The molecular formula is C61H40N2O. The maximum atomic E-state index is 6.33. The molecule has 0 fully saturated rings. The van der Waals surface area contributed by atoms with E-state index in [0.717, 1.165) is 55.4 Å². The fraction of sp³-hybridized carbons (Fsp3) is 0.0492. The highest BCUT2D eigenvalue weighted by Gasteiger charge is 2.38. The average molecular weight is 817 g/mol. The summed E-state index contributed by atoms with van der Waals surface area (Å²) in [5.41, 5.74) is 16.7. The van der Waals surface area contributed by atoms with E-state index in [-0.39, 0.29) is 5.41 Å². The number of benzene rings is 10. The van der Waals surface area contributed by atoms with Gasteiger partial charge in [-0.3, -0.25) is 0 Å². The highest BCUT2D eigenvalue weighted by molar-refractivity contribution is 6.15. The van der Waals surface area contributed by atoms with Crippen LogP contribution in [0.3, 0.4) is 0 Å². The maximum absolute atomic E-state index is 6.33. The summed E-state index contributed by atoms with van der Waals surface area (Å²) < 4.78 is 6.33. The first-order valence-corrected chi connectivity index (χ1v) is 22.1. The molecule has 0 aliphatic heterocycles. The number of nitrogens with zero attached hydrogens (tertiary/aromatic N) is 2. The molecule has 12 aromatic rings. The molecule has 0 amide bonds. The van der Waals surface area contributed by atoms with Gasteiger partial charge in [0.25, 0.3) is 0 Å². The summed E-state index contributed by atoms with van der Waals surface area (Å²) in [7, 11) is 0. The number of rotatable bonds is 5. The lowest BCUT2D eigenvalue weighted by atomic mass is 9.78. The minimum absolute atomic E-state index is 0.169. The number of fused-ring (bicyclic) bond motifs is 10. The molecular weight excluding hydrogens is 777 g/mol. The van der Waals surface area contributed by atoms with Gasteiger partial charge in [-0.1, -0.05) is 202 Å². The van der Waals surface area contributed by atoms with Crippen LogP contribution in [0.15, 0.2) is 211 Å². The Kier molecular flexibility index (Phi) is 7.95. The van der Waals surface area contributed by atoms with E-state index in [1.54, 1.807) is 0 Å². The third kappa shape index (κ3) is 5.41. The van der Waals surface area contributed by atoms with Crippen molar-refractivity contribution in [2.75, 3.05) is 0 Å². The van der Waals surface area contributed by atoms with Crippen LogP contribution in [0.4, 0.5) is 0 Å². The van der Waals surface area contributed by atoms with Crippen molar-refractivity contribution >= 4 is 54.3 Å². The lowest BCUT2D eigenvalue weighted by Crippen LogP contribution is -2.16. The standard InChI is InChI=1S/C61H40N2O/c1-61(2)52-35-30-37-16-6-7-19-39(37)57(52)51-27-14-25-48(59(51)61)46-32-31-44(40-20-8-9-21-41(40)46)45-33-34-47(43-23-11-10-22-42(43)45)53-36-54(63-60(62-53)38-17-4-3-5-18-38)49-26-15-29-56-58(49)50-24-12-13-28-55(50)64-56/h3-36H,1-2H3. The monoisotopic (exact) mass is 816 g/mol. The molecule has 3 heteroatoms. The summed E-state index contributed by atoms with van der Waals surface area (Å²) >= 11 is 0. The molecule has 1 aliphatic rings. The van der Waals surface area contributed by atoms with Gasteiger partial charge in [-0.05, 0) is 95.0 Å². The van der Waals surface area contributed by atoms with Gasteiger partial charge in [0.15, 0.2) is 5.82 Å². The predicted octanol–water partition coefficient (Wildman–Crippen LogP) is 16.5. The van der Waals surface area contributed by atoms with Crippen molar-refractivity contribution in [3.63, 3.8) is 0 Å². The van der Waals surface area contributed by atoms with Gasteiger partial charge in [0.05, 0.1) is 11.4 Å². The third-order valence-electron chi connectivity index (χ3n) is 13.7. The zero-order valence-electron chi connectivity index (χ0n) is 35.4. The van der Waals surface area contributed by atoms with Crippen LogP contribution >= 0.6 is 0 Å². The molecule has 0 unspecified atom stereocenters. The Hall–Kier alpha value is -8.14. The molecule has 0 atom stereocenters. The molecule has 64 heavy (non-hydrogen) atoms. The van der Waals surface area contributed by atoms with E-state index < -0.39 is 0 Å². The fourth-order valence-electron chi connectivity index (χ4n) is 10.8. The van der Waals surface area contributed by atoms with E-state index >= 15 is 0 Å². The summed E-state index contributed by atoms with van der Waals surface area (Å²) in [5.74, 6) is 0.680. The van der Waals surface area contributed by atoms with Crippen LogP contribution in [0.5, 0.6) is 0 Å². The van der Waals surface area contributed by atoms with E-state index in [4.69, 9.17) is 14.4 Å². The van der Waals surface area contributed by atoms with Crippen molar-refractivity contribution < 1.29 is 4.42 Å². The number of para-hydroxylation sites is 1. The number of hydrogen-bond donors (Lipinski definition) is 0. The molecule has 0 radical (unpaired) electrons. The van der Waals surface area contributed by atoms with Gasteiger partial charge in [0, 0.05) is 32.9 Å². The first kappa shape index (κ1) is 36.5. The zero-order chi connectivity index (χ0) is 42.5. The first-order chi connectivity index (χ1) is 31.5. The van der Waals surface area contributed by atoms with Gasteiger partial charge in [-0.2, -0.15) is 0 Å². The largest absolute Gasteiger partial charge is 0.456 e. The summed E-state index contributed by atoms with van der Waals surface area (Å²) in [5, 5.41) is 9.50. The lowest BCUT2D eigenvalue weighted by Gasteiger charge is -2.25. The molecule has 13 rings (SSSR count). The molecule has 0 saturated carbocycles. The van der Waals surface area contributed by atoms with Crippen molar-refractivity contribution in [2.24, 2.45) is 0 Å². The van der Waals surface area contributed by atoms with Gasteiger partial charge in [0.1, 0.15) is 11.2 Å². The minimum atomic E-state index is -0.169. The topological polar surface area (TPSA) is 38.9 Å². The molecule has 2 aromatic heterocycles. The van der Waals surface area contributed by atoms with E-state index in [1.165, 1.54) is 71.4 Å². The van der Waals surface area contributed by atoms with Gasteiger partial charge in [-0.15, -0.1) is 0 Å². The van der Waals surface area contributed by atoms with E-state index in [9.17, 15) is 0 Å². The second kappa shape index (κ2) is 13.9. The SMILES string of the molecule is CC1(C)c2ccc3ccccc3c2-c2cccc(-c3ccc(-c4ccc(-c5cc(-c6cccc7oc8ccccc8c67)nc(-c6ccccc6)n5)c5ccccc45)c4ccccc34)c21. The Morgan fingerprint density at radius 1 is 0.375 bits per heavy atom. The Balaban J connectivity index is 0.988. The van der Waals surface area contributed by atoms with Gasteiger partial charge >= 0.3 is 0 Å². The highest BCUT2D eigenvalue weighted by atomic mass is 16.3. The summed E-state index contributed by atoms with van der Waals surface area (Å²) in [6, 6.07) is 74.2. The van der Waals surface area contributed by atoms with Crippen LogP contribution in [0.25, 0.3) is 122 Å². The van der Waals surface area contributed by atoms with Crippen molar-refractivity contribution in [1.29, 1.82) is 0 Å². The molecule has 0 saturated heterocycles. The fourth-order valence-corrected chi connectivity index (χ4v) is 10.8. The quantitative estimate of drug-likeness (QED) is 0.174. The van der Waals surface area contributed by atoms with Crippen molar-refractivity contribution in [3.05, 3.63) is 217 Å². The normalized spacial score (nSPS) is 13.0. The van der Waals surface area contributed by atoms with Crippen LogP contribution in [-0.4, -0.2) is 9.97 Å². The Morgan fingerprint density at radius 2 is 0.891 bits per heavy atom. The molecule has 0 bridgehead atoms. The van der Waals surface area contributed by atoms with Crippen LogP contribution in [0, 0.1) is 0 Å². The molecule has 3 nitrogen and oxygen atoms in total. The Morgan fingerprint density at radius 3 is 1.61 bits per heavy atom. The second-order valence-corrected chi connectivity index (χ2v) is 17.6. The lowest BCUT2D eigenvalue weighted by molar-refractivity contribution is 0.662. The number of furan rings is 1. The van der Waals surface area contributed by atoms with Gasteiger partial charge in [0.2, 0.25) is 0 Å².